The zero-order valence-corrected chi connectivity index (χ0v) is 21.4. The molecule has 0 radical (unpaired) electrons. The highest BCUT2D eigenvalue weighted by atomic mass is 16.6. The van der Waals surface area contributed by atoms with E-state index in [1.807, 2.05) is 6.92 Å². The summed E-state index contributed by atoms with van der Waals surface area (Å²) in [6.45, 7) is 12.3. The van der Waals surface area contributed by atoms with Gasteiger partial charge in [-0.15, -0.1) is 0 Å². The van der Waals surface area contributed by atoms with Crippen molar-refractivity contribution in [3.63, 3.8) is 0 Å². The Labute approximate surface area is 203 Å². The zero-order valence-electron chi connectivity index (χ0n) is 21.4. The molecule has 3 saturated heterocycles. The fraction of sp³-hybridized carbons (Fsp3) is 0.704. The van der Waals surface area contributed by atoms with Crippen LogP contribution in [0.15, 0.2) is 36.0 Å². The standard InChI is InChI=1S/C27H41NO6/c1-17(7-10-23-15-27(16-31-27)14-20(4)33-23)8-11-25-18(2)13-24(21(5)34-25)28-26(30)12-9-19(3)32-22(6)29/h7-10,12,18-21,23-25H,11,13-16H2,1-6H3,(H,28,30)/b10-7+,12-9-,17-8+/t18?,19?,20-,21?,23?,24?,25?,27?/m1/s1. The maximum Gasteiger partial charge on any atom is 0.303 e. The maximum atomic E-state index is 12.3. The number of hydrogen-bond acceptors (Lipinski definition) is 6. The molecule has 1 spiro atoms. The summed E-state index contributed by atoms with van der Waals surface area (Å²) in [5, 5.41) is 3.02. The Kier molecular flexibility index (Phi) is 9.13. The second-order valence-corrected chi connectivity index (χ2v) is 10.3. The number of nitrogens with one attached hydrogen (secondary N) is 1. The van der Waals surface area contributed by atoms with Crippen LogP contribution >= 0.6 is 0 Å². The average molecular weight is 476 g/mol. The first-order chi connectivity index (χ1) is 16.0. The van der Waals surface area contributed by atoms with Gasteiger partial charge in [-0.05, 0) is 52.5 Å². The molecule has 1 N–H and O–H groups in total. The fourth-order valence-electron chi connectivity index (χ4n) is 4.92. The number of carbonyl (C=O) groups is 2. The summed E-state index contributed by atoms with van der Waals surface area (Å²) in [6.07, 6.45) is 13.1. The van der Waals surface area contributed by atoms with Crippen LogP contribution in [0, 0.1) is 5.92 Å². The van der Waals surface area contributed by atoms with Crippen LogP contribution in [0.25, 0.3) is 0 Å². The van der Waals surface area contributed by atoms with E-state index >= 15 is 0 Å². The van der Waals surface area contributed by atoms with E-state index in [-0.39, 0.29) is 47.9 Å². The van der Waals surface area contributed by atoms with Crippen molar-refractivity contribution in [2.45, 2.75) is 109 Å². The summed E-state index contributed by atoms with van der Waals surface area (Å²) in [4.78, 5) is 23.3. The zero-order chi connectivity index (χ0) is 24.9. The van der Waals surface area contributed by atoms with Crippen molar-refractivity contribution >= 4 is 11.9 Å². The summed E-state index contributed by atoms with van der Waals surface area (Å²) in [5.41, 5.74) is 1.26. The predicted octanol–water partition coefficient (Wildman–Crippen LogP) is 4.02. The average Bonchev–Trinajstić information content (AvgIpc) is 3.48. The quantitative estimate of drug-likeness (QED) is 0.247. The first kappa shape index (κ1) is 26.6. The van der Waals surface area contributed by atoms with E-state index in [2.05, 4.69) is 44.3 Å². The largest absolute Gasteiger partial charge is 0.459 e. The Morgan fingerprint density at radius 2 is 1.88 bits per heavy atom. The monoisotopic (exact) mass is 475 g/mol. The lowest BCUT2D eigenvalue weighted by Gasteiger charge is -2.39. The van der Waals surface area contributed by atoms with E-state index < -0.39 is 6.10 Å². The third-order valence-corrected chi connectivity index (χ3v) is 6.85. The van der Waals surface area contributed by atoms with Crippen molar-refractivity contribution in [2.75, 3.05) is 6.61 Å². The predicted molar refractivity (Wildman–Crippen MR) is 130 cm³/mol. The maximum absolute atomic E-state index is 12.3. The van der Waals surface area contributed by atoms with Gasteiger partial charge in [0, 0.05) is 25.8 Å². The third-order valence-electron chi connectivity index (χ3n) is 6.85. The van der Waals surface area contributed by atoms with Crippen LogP contribution in [0.5, 0.6) is 0 Å². The highest BCUT2D eigenvalue weighted by Crippen LogP contribution is 2.42. The molecule has 7 heteroatoms. The van der Waals surface area contributed by atoms with Crippen LogP contribution in [-0.4, -0.2) is 60.6 Å². The van der Waals surface area contributed by atoms with Crippen molar-refractivity contribution in [2.24, 2.45) is 5.92 Å². The second kappa shape index (κ2) is 11.6. The number of ether oxygens (including phenoxy) is 4. The van der Waals surface area contributed by atoms with Gasteiger partial charge in [-0.3, -0.25) is 9.59 Å². The van der Waals surface area contributed by atoms with Gasteiger partial charge in [-0.2, -0.15) is 0 Å². The summed E-state index contributed by atoms with van der Waals surface area (Å²) < 4.78 is 23.0. The van der Waals surface area contributed by atoms with Crippen molar-refractivity contribution < 1.29 is 28.5 Å². The number of allylic oxidation sites excluding steroid dienone is 2. The van der Waals surface area contributed by atoms with Crippen LogP contribution < -0.4 is 5.32 Å². The molecule has 7 unspecified atom stereocenters. The molecule has 34 heavy (non-hydrogen) atoms. The summed E-state index contributed by atoms with van der Waals surface area (Å²) in [7, 11) is 0. The smallest absolute Gasteiger partial charge is 0.303 e. The van der Waals surface area contributed by atoms with Crippen LogP contribution in [0.3, 0.4) is 0 Å². The van der Waals surface area contributed by atoms with E-state index in [1.54, 1.807) is 13.0 Å². The molecule has 3 fully saturated rings. The van der Waals surface area contributed by atoms with Gasteiger partial charge in [-0.25, -0.2) is 0 Å². The van der Waals surface area contributed by atoms with Crippen LogP contribution in [0.1, 0.15) is 67.2 Å². The Bertz CT molecular complexity index is 814. The first-order valence-electron chi connectivity index (χ1n) is 12.5. The fourth-order valence-corrected chi connectivity index (χ4v) is 4.92. The molecular weight excluding hydrogens is 434 g/mol. The van der Waals surface area contributed by atoms with Crippen molar-refractivity contribution in [3.05, 3.63) is 36.0 Å². The number of carbonyl (C=O) groups excluding carboxylic acids is 2. The first-order valence-corrected chi connectivity index (χ1v) is 12.5. The molecule has 0 aromatic heterocycles. The number of esters is 1. The van der Waals surface area contributed by atoms with Crippen molar-refractivity contribution in [3.8, 4) is 0 Å². The van der Waals surface area contributed by atoms with Crippen LogP contribution in [0.4, 0.5) is 0 Å². The molecule has 7 nitrogen and oxygen atoms in total. The number of rotatable bonds is 8. The van der Waals surface area contributed by atoms with Gasteiger partial charge in [-0.1, -0.05) is 30.7 Å². The highest BCUT2D eigenvalue weighted by Gasteiger charge is 2.50. The Morgan fingerprint density at radius 3 is 2.56 bits per heavy atom. The Balaban J connectivity index is 1.44. The molecule has 3 aliphatic rings. The lowest BCUT2D eigenvalue weighted by atomic mass is 9.88. The minimum Gasteiger partial charge on any atom is -0.459 e. The topological polar surface area (TPSA) is 86.4 Å². The molecule has 3 rings (SSSR count). The van der Waals surface area contributed by atoms with E-state index in [1.165, 1.54) is 18.6 Å². The Hall–Kier alpha value is -1.96. The number of amides is 1. The Morgan fingerprint density at radius 1 is 1.15 bits per heavy atom. The summed E-state index contributed by atoms with van der Waals surface area (Å²) in [5.74, 6) is -0.263. The molecule has 3 heterocycles. The van der Waals surface area contributed by atoms with E-state index in [0.29, 0.717) is 5.92 Å². The summed E-state index contributed by atoms with van der Waals surface area (Å²) >= 11 is 0. The van der Waals surface area contributed by atoms with Gasteiger partial charge in [0.2, 0.25) is 5.91 Å². The second-order valence-electron chi connectivity index (χ2n) is 10.3. The lowest BCUT2D eigenvalue weighted by Crippen LogP contribution is -2.50. The van der Waals surface area contributed by atoms with Crippen LogP contribution in [0.2, 0.25) is 0 Å². The van der Waals surface area contributed by atoms with Gasteiger partial charge in [0.25, 0.3) is 0 Å². The molecule has 0 saturated carbocycles. The van der Waals surface area contributed by atoms with Gasteiger partial charge in [0.15, 0.2) is 0 Å². The molecule has 190 valence electrons. The SMILES string of the molecule is CC(=O)OC(C)/C=C\C(=O)NC1CC(C)C(C/C=C(C)/C=C/C2CC3(CO3)C[C@@H](C)O2)OC1C. The summed E-state index contributed by atoms with van der Waals surface area (Å²) in [6, 6.07) is -0.0557. The molecule has 0 aromatic rings. The molecule has 0 aromatic carbocycles. The molecule has 1 amide bonds. The van der Waals surface area contributed by atoms with Gasteiger partial charge in [0.05, 0.1) is 42.7 Å². The van der Waals surface area contributed by atoms with Crippen LogP contribution in [-0.2, 0) is 28.5 Å². The third kappa shape index (κ3) is 8.07. The number of epoxide rings is 1. The number of hydrogen-bond donors (Lipinski definition) is 1. The minimum atomic E-state index is -0.438. The van der Waals surface area contributed by atoms with Gasteiger partial charge < -0.3 is 24.3 Å². The van der Waals surface area contributed by atoms with Gasteiger partial charge >= 0.3 is 5.97 Å². The minimum absolute atomic E-state index is 0.0557. The normalized spacial score (nSPS) is 37.2. The van der Waals surface area contributed by atoms with Crippen molar-refractivity contribution in [1.29, 1.82) is 0 Å². The van der Waals surface area contributed by atoms with E-state index in [9.17, 15) is 9.59 Å². The molecule has 0 bridgehead atoms. The van der Waals surface area contributed by atoms with E-state index in [0.717, 1.165) is 32.3 Å². The molecule has 0 aliphatic carbocycles. The highest BCUT2D eigenvalue weighted by molar-refractivity contribution is 5.87. The molecule has 8 atom stereocenters. The van der Waals surface area contributed by atoms with Crippen molar-refractivity contribution in [1.82, 2.24) is 5.32 Å². The van der Waals surface area contributed by atoms with E-state index in [4.69, 9.17) is 18.9 Å². The lowest BCUT2D eigenvalue weighted by molar-refractivity contribution is -0.143. The molecule has 3 aliphatic heterocycles. The van der Waals surface area contributed by atoms with Gasteiger partial charge in [0.1, 0.15) is 6.10 Å². The molecular formula is C27H41NO6.